The van der Waals surface area contributed by atoms with E-state index in [0.717, 1.165) is 49.4 Å². The van der Waals surface area contributed by atoms with Crippen molar-refractivity contribution in [3.05, 3.63) is 17.7 Å². The van der Waals surface area contributed by atoms with Crippen molar-refractivity contribution in [3.63, 3.8) is 0 Å². The third-order valence-corrected chi connectivity index (χ3v) is 3.00. The van der Waals surface area contributed by atoms with Crippen LogP contribution < -0.4 is 15.8 Å². The second kappa shape index (κ2) is 8.64. The molecule has 1 aromatic carbocycles. The number of rotatable bonds is 9. The molecule has 0 fully saturated rings. The number of nitrogens with two attached hydrogens (primary N) is 1. The lowest BCUT2D eigenvalue weighted by atomic mass is 10.1. The highest BCUT2D eigenvalue weighted by Gasteiger charge is 2.12. The minimum absolute atomic E-state index is 0.674. The number of ether oxygens (including phenoxy) is 2. The first kappa shape index (κ1) is 15.6. The third-order valence-electron chi connectivity index (χ3n) is 3.00. The standard InChI is InChI=1S/C15H26N2O2/c1-4-6-10-19-11-9-12-14(17-5-2)8-7-13(16)15(12)18-3/h7-8,17H,4-6,9-11,16H2,1-3H3. The molecule has 0 aliphatic rings. The van der Waals surface area contributed by atoms with Gasteiger partial charge in [0, 0.05) is 30.8 Å². The van der Waals surface area contributed by atoms with Gasteiger partial charge in [-0.25, -0.2) is 0 Å². The highest BCUT2D eigenvalue weighted by molar-refractivity contribution is 5.68. The molecular weight excluding hydrogens is 240 g/mol. The Morgan fingerprint density at radius 2 is 2.00 bits per heavy atom. The van der Waals surface area contributed by atoms with Gasteiger partial charge < -0.3 is 20.5 Å². The lowest BCUT2D eigenvalue weighted by Crippen LogP contribution is -2.08. The number of anilines is 2. The van der Waals surface area contributed by atoms with Crippen LogP contribution in [0.25, 0.3) is 0 Å². The van der Waals surface area contributed by atoms with Crippen LogP contribution in [0.5, 0.6) is 5.75 Å². The zero-order valence-electron chi connectivity index (χ0n) is 12.3. The smallest absolute Gasteiger partial charge is 0.147 e. The topological polar surface area (TPSA) is 56.5 Å². The van der Waals surface area contributed by atoms with Crippen molar-refractivity contribution in [2.45, 2.75) is 33.1 Å². The summed E-state index contributed by atoms with van der Waals surface area (Å²) in [6.07, 6.45) is 3.07. The highest BCUT2D eigenvalue weighted by Crippen LogP contribution is 2.32. The van der Waals surface area contributed by atoms with Crippen LogP contribution in [0.4, 0.5) is 11.4 Å². The van der Waals surface area contributed by atoms with Gasteiger partial charge in [0.1, 0.15) is 5.75 Å². The first-order valence-electron chi connectivity index (χ1n) is 7.01. The Labute approximate surface area is 116 Å². The fourth-order valence-electron chi connectivity index (χ4n) is 2.01. The zero-order valence-corrected chi connectivity index (χ0v) is 12.3. The maximum Gasteiger partial charge on any atom is 0.147 e. The lowest BCUT2D eigenvalue weighted by molar-refractivity contribution is 0.134. The molecule has 0 amide bonds. The number of nitrogens with one attached hydrogen (secondary N) is 1. The van der Waals surface area contributed by atoms with Crippen molar-refractivity contribution in [2.75, 3.05) is 37.9 Å². The highest BCUT2D eigenvalue weighted by atomic mass is 16.5. The summed E-state index contributed by atoms with van der Waals surface area (Å²) in [5.74, 6) is 0.762. The maximum absolute atomic E-state index is 5.96. The van der Waals surface area contributed by atoms with Crippen molar-refractivity contribution >= 4 is 11.4 Å². The number of benzene rings is 1. The average Bonchev–Trinajstić information content (AvgIpc) is 2.41. The summed E-state index contributed by atoms with van der Waals surface area (Å²) in [5.41, 5.74) is 8.80. The Balaban J connectivity index is 2.73. The van der Waals surface area contributed by atoms with E-state index in [1.54, 1.807) is 7.11 Å². The van der Waals surface area contributed by atoms with E-state index in [-0.39, 0.29) is 0 Å². The van der Waals surface area contributed by atoms with Crippen molar-refractivity contribution in [1.29, 1.82) is 0 Å². The largest absolute Gasteiger partial charge is 0.494 e. The SMILES string of the molecule is CCCCOCCc1c(NCC)ccc(N)c1OC. The average molecular weight is 266 g/mol. The molecule has 0 aliphatic carbocycles. The predicted octanol–water partition coefficient (Wildman–Crippen LogP) is 3.07. The number of unbranched alkanes of at least 4 members (excludes halogenated alkanes) is 1. The van der Waals surface area contributed by atoms with E-state index in [9.17, 15) is 0 Å². The fourth-order valence-corrected chi connectivity index (χ4v) is 2.01. The molecule has 4 nitrogen and oxygen atoms in total. The number of nitrogen functional groups attached to an aromatic ring is 1. The van der Waals surface area contributed by atoms with Crippen molar-refractivity contribution in [3.8, 4) is 5.75 Å². The normalized spacial score (nSPS) is 10.5. The summed E-state index contributed by atoms with van der Waals surface area (Å²) < 4.78 is 11.0. The van der Waals surface area contributed by atoms with Crippen molar-refractivity contribution < 1.29 is 9.47 Å². The Morgan fingerprint density at radius 1 is 1.21 bits per heavy atom. The van der Waals surface area contributed by atoms with Crippen molar-refractivity contribution in [1.82, 2.24) is 0 Å². The molecule has 3 N–H and O–H groups in total. The van der Waals surface area contributed by atoms with Gasteiger partial charge >= 0.3 is 0 Å². The van der Waals surface area contributed by atoms with Gasteiger partial charge in [-0.2, -0.15) is 0 Å². The van der Waals surface area contributed by atoms with E-state index in [0.29, 0.717) is 12.3 Å². The molecule has 0 aliphatic heterocycles. The summed E-state index contributed by atoms with van der Waals surface area (Å²) in [5, 5.41) is 3.34. The van der Waals surface area contributed by atoms with Crippen LogP contribution in [-0.4, -0.2) is 26.9 Å². The van der Waals surface area contributed by atoms with Gasteiger partial charge in [0.25, 0.3) is 0 Å². The minimum atomic E-state index is 0.674. The molecule has 0 unspecified atom stereocenters. The molecule has 0 spiro atoms. The van der Waals surface area contributed by atoms with Gasteiger partial charge in [-0.3, -0.25) is 0 Å². The van der Waals surface area contributed by atoms with E-state index in [1.165, 1.54) is 0 Å². The summed E-state index contributed by atoms with van der Waals surface area (Å²) in [6, 6.07) is 3.88. The van der Waals surface area contributed by atoms with E-state index in [2.05, 4.69) is 19.2 Å². The van der Waals surface area contributed by atoms with Crippen LogP contribution in [0.1, 0.15) is 32.3 Å². The molecular formula is C15H26N2O2. The number of methoxy groups -OCH3 is 1. The Bertz CT molecular complexity index is 381. The second-order valence-corrected chi connectivity index (χ2v) is 4.46. The molecule has 108 valence electrons. The maximum atomic E-state index is 5.96. The molecule has 19 heavy (non-hydrogen) atoms. The Kier molecular flexibility index (Phi) is 7.11. The van der Waals surface area contributed by atoms with Gasteiger partial charge in [-0.05, 0) is 25.5 Å². The molecule has 0 saturated carbocycles. The Hall–Kier alpha value is -1.42. The van der Waals surface area contributed by atoms with Gasteiger partial charge in [-0.15, -0.1) is 0 Å². The van der Waals surface area contributed by atoms with Crippen LogP contribution in [0, 0.1) is 0 Å². The molecule has 0 radical (unpaired) electrons. The Morgan fingerprint density at radius 3 is 2.63 bits per heavy atom. The van der Waals surface area contributed by atoms with Gasteiger partial charge in [0.05, 0.1) is 19.4 Å². The van der Waals surface area contributed by atoms with Crippen LogP contribution in [0.15, 0.2) is 12.1 Å². The van der Waals surface area contributed by atoms with Crippen LogP contribution >= 0.6 is 0 Å². The van der Waals surface area contributed by atoms with E-state index >= 15 is 0 Å². The summed E-state index contributed by atoms with van der Waals surface area (Å²) >= 11 is 0. The zero-order chi connectivity index (χ0) is 14.1. The third kappa shape index (κ3) is 4.63. The molecule has 0 bridgehead atoms. The first-order chi connectivity index (χ1) is 9.24. The van der Waals surface area contributed by atoms with Crippen LogP contribution in [0.3, 0.4) is 0 Å². The molecule has 0 heterocycles. The summed E-state index contributed by atoms with van der Waals surface area (Å²) in [4.78, 5) is 0. The lowest BCUT2D eigenvalue weighted by Gasteiger charge is -2.16. The number of hydrogen-bond donors (Lipinski definition) is 2. The quantitative estimate of drug-likeness (QED) is 0.533. The van der Waals surface area contributed by atoms with Crippen LogP contribution in [-0.2, 0) is 11.2 Å². The van der Waals surface area contributed by atoms with Gasteiger partial charge in [0.2, 0.25) is 0 Å². The molecule has 0 atom stereocenters. The van der Waals surface area contributed by atoms with E-state index in [4.69, 9.17) is 15.2 Å². The molecule has 1 aromatic rings. The summed E-state index contributed by atoms with van der Waals surface area (Å²) in [7, 11) is 1.66. The monoisotopic (exact) mass is 266 g/mol. The summed E-state index contributed by atoms with van der Waals surface area (Å²) in [6.45, 7) is 6.62. The number of hydrogen-bond acceptors (Lipinski definition) is 4. The molecule has 1 rings (SSSR count). The molecule has 0 aromatic heterocycles. The van der Waals surface area contributed by atoms with E-state index < -0.39 is 0 Å². The van der Waals surface area contributed by atoms with Crippen LogP contribution in [0.2, 0.25) is 0 Å². The van der Waals surface area contributed by atoms with Gasteiger partial charge in [-0.1, -0.05) is 13.3 Å². The second-order valence-electron chi connectivity index (χ2n) is 4.46. The predicted molar refractivity (Wildman–Crippen MR) is 81.0 cm³/mol. The first-order valence-corrected chi connectivity index (χ1v) is 7.01. The fraction of sp³-hybridized carbons (Fsp3) is 0.600. The molecule has 4 heteroatoms. The van der Waals surface area contributed by atoms with E-state index in [1.807, 2.05) is 12.1 Å². The minimum Gasteiger partial charge on any atom is -0.494 e. The molecule has 0 saturated heterocycles. The van der Waals surface area contributed by atoms with Crippen molar-refractivity contribution in [2.24, 2.45) is 0 Å². The van der Waals surface area contributed by atoms with Gasteiger partial charge in [0.15, 0.2) is 0 Å².